The minimum Gasteiger partial charge on any atom is -0.303 e. The maximum Gasteiger partial charge on any atom is 0.125 e. The summed E-state index contributed by atoms with van der Waals surface area (Å²) in [4.78, 5) is 9.82. The van der Waals surface area contributed by atoms with Crippen LogP contribution >= 0.6 is 0 Å². The van der Waals surface area contributed by atoms with Crippen molar-refractivity contribution in [3.8, 4) is 0 Å². The van der Waals surface area contributed by atoms with E-state index >= 15 is 0 Å². The van der Waals surface area contributed by atoms with Crippen LogP contribution in [0.15, 0.2) is 22.0 Å². The zero-order valence-electron chi connectivity index (χ0n) is 4.37. The van der Waals surface area contributed by atoms with Crippen LogP contribution in [0.2, 0.25) is 0 Å². The van der Waals surface area contributed by atoms with Crippen molar-refractivity contribution in [2.45, 2.75) is 6.42 Å². The quantitative estimate of drug-likeness (QED) is 0.487. The molecule has 1 rings (SSSR count). The smallest absolute Gasteiger partial charge is 0.125 e. The Morgan fingerprint density at radius 3 is 3.25 bits per heavy atom. The fourth-order valence-electron chi connectivity index (χ4n) is 0.528. The number of carbonyl (C=O) groups excluding carboxylic acids is 1. The second kappa shape index (κ2) is 2.35. The summed E-state index contributed by atoms with van der Waals surface area (Å²) in [5, 5.41) is 7.34. The maximum absolute atomic E-state index is 9.82. The molecule has 0 N–H and O–H groups in total. The van der Waals surface area contributed by atoms with Gasteiger partial charge >= 0.3 is 0 Å². The number of hydrogen-bond donors (Lipinski definition) is 0. The summed E-state index contributed by atoms with van der Waals surface area (Å²) in [5.41, 5.74) is 0.792. The molecule has 1 heterocycles. The molecule has 0 aromatic rings. The SMILES string of the molecule is O=CCC1=CCN=N1. The highest BCUT2D eigenvalue weighted by molar-refractivity contribution is 5.54. The van der Waals surface area contributed by atoms with Crippen LogP contribution in [-0.4, -0.2) is 12.8 Å². The van der Waals surface area contributed by atoms with Crippen LogP contribution in [0.1, 0.15) is 6.42 Å². The summed E-state index contributed by atoms with van der Waals surface area (Å²) in [5.74, 6) is 0. The minimum atomic E-state index is 0.406. The predicted molar refractivity (Wildman–Crippen MR) is 28.5 cm³/mol. The van der Waals surface area contributed by atoms with E-state index in [1.165, 1.54) is 0 Å². The van der Waals surface area contributed by atoms with Crippen molar-refractivity contribution in [2.75, 3.05) is 6.54 Å². The zero-order valence-corrected chi connectivity index (χ0v) is 4.37. The van der Waals surface area contributed by atoms with E-state index in [1.807, 2.05) is 6.08 Å². The van der Waals surface area contributed by atoms with Gasteiger partial charge in [0.2, 0.25) is 0 Å². The van der Waals surface area contributed by atoms with Gasteiger partial charge in [-0.05, 0) is 6.08 Å². The highest BCUT2D eigenvalue weighted by atomic mass is 16.1. The number of rotatable bonds is 2. The normalized spacial score (nSPS) is 16.2. The minimum absolute atomic E-state index is 0.406. The molecule has 1 aliphatic heterocycles. The number of carbonyl (C=O) groups is 1. The summed E-state index contributed by atoms with van der Waals surface area (Å²) >= 11 is 0. The van der Waals surface area contributed by atoms with Crippen LogP contribution in [0.3, 0.4) is 0 Å². The van der Waals surface area contributed by atoms with E-state index in [-0.39, 0.29) is 0 Å². The summed E-state index contributed by atoms with van der Waals surface area (Å²) in [6.07, 6.45) is 3.08. The van der Waals surface area contributed by atoms with Gasteiger partial charge in [-0.3, -0.25) is 0 Å². The van der Waals surface area contributed by atoms with Crippen LogP contribution in [0, 0.1) is 0 Å². The molecule has 0 saturated heterocycles. The average molecular weight is 110 g/mol. The van der Waals surface area contributed by atoms with Crippen molar-refractivity contribution in [1.29, 1.82) is 0 Å². The second-order valence-electron chi connectivity index (χ2n) is 1.49. The van der Waals surface area contributed by atoms with E-state index in [9.17, 15) is 4.79 Å². The van der Waals surface area contributed by atoms with E-state index in [4.69, 9.17) is 0 Å². The van der Waals surface area contributed by atoms with Crippen molar-refractivity contribution >= 4 is 6.29 Å². The molecule has 0 atom stereocenters. The number of allylic oxidation sites excluding steroid dienone is 1. The molecule has 0 saturated carbocycles. The fraction of sp³-hybridized carbons (Fsp3) is 0.400. The third-order valence-corrected chi connectivity index (χ3v) is 0.900. The Balaban J connectivity index is 2.45. The summed E-state index contributed by atoms with van der Waals surface area (Å²) in [6, 6.07) is 0. The van der Waals surface area contributed by atoms with Crippen molar-refractivity contribution < 1.29 is 4.79 Å². The van der Waals surface area contributed by atoms with Gasteiger partial charge in [0.15, 0.2) is 0 Å². The highest BCUT2D eigenvalue weighted by Gasteiger charge is 1.96. The lowest BCUT2D eigenvalue weighted by atomic mass is 10.3. The maximum atomic E-state index is 9.82. The molecule has 0 radical (unpaired) electrons. The second-order valence-corrected chi connectivity index (χ2v) is 1.49. The third kappa shape index (κ3) is 0.992. The van der Waals surface area contributed by atoms with Gasteiger partial charge in [0.05, 0.1) is 12.2 Å². The molecule has 8 heavy (non-hydrogen) atoms. The topological polar surface area (TPSA) is 41.8 Å². The first-order valence-corrected chi connectivity index (χ1v) is 2.43. The number of aldehydes is 1. The van der Waals surface area contributed by atoms with Gasteiger partial charge in [0, 0.05) is 6.42 Å². The van der Waals surface area contributed by atoms with Crippen LogP contribution in [0.25, 0.3) is 0 Å². The Hall–Kier alpha value is -0.990. The van der Waals surface area contributed by atoms with Gasteiger partial charge < -0.3 is 4.79 Å². The van der Waals surface area contributed by atoms with Crippen LogP contribution < -0.4 is 0 Å². The Morgan fingerprint density at radius 1 is 1.88 bits per heavy atom. The van der Waals surface area contributed by atoms with E-state index in [1.54, 1.807) is 0 Å². The van der Waals surface area contributed by atoms with Gasteiger partial charge in [-0.2, -0.15) is 10.2 Å². The molecular weight excluding hydrogens is 104 g/mol. The molecule has 0 unspecified atom stereocenters. The zero-order chi connectivity index (χ0) is 5.82. The Labute approximate surface area is 47.1 Å². The molecule has 42 valence electrons. The molecule has 1 aliphatic rings. The first kappa shape index (κ1) is 5.15. The largest absolute Gasteiger partial charge is 0.303 e. The average Bonchev–Trinajstić information content (AvgIpc) is 2.19. The lowest BCUT2D eigenvalue weighted by molar-refractivity contribution is -0.107. The monoisotopic (exact) mass is 110 g/mol. The van der Waals surface area contributed by atoms with Gasteiger partial charge in [-0.1, -0.05) is 0 Å². The van der Waals surface area contributed by atoms with Crippen LogP contribution in [0.4, 0.5) is 0 Å². The molecule has 0 amide bonds. The molecular formula is C5H6N2O. The van der Waals surface area contributed by atoms with E-state index in [2.05, 4.69) is 10.2 Å². The fourth-order valence-corrected chi connectivity index (χ4v) is 0.528. The first-order valence-electron chi connectivity index (χ1n) is 2.43. The van der Waals surface area contributed by atoms with Gasteiger partial charge in [-0.15, -0.1) is 0 Å². The van der Waals surface area contributed by atoms with Crippen molar-refractivity contribution in [1.82, 2.24) is 0 Å². The Bertz CT molecular complexity index is 149. The molecule has 0 aromatic carbocycles. The molecule has 0 bridgehead atoms. The number of nitrogens with zero attached hydrogens (tertiary/aromatic N) is 2. The lowest BCUT2D eigenvalue weighted by Gasteiger charge is -1.80. The van der Waals surface area contributed by atoms with Crippen LogP contribution in [-0.2, 0) is 4.79 Å². The highest BCUT2D eigenvalue weighted by Crippen LogP contribution is 2.06. The van der Waals surface area contributed by atoms with E-state index in [0.29, 0.717) is 13.0 Å². The van der Waals surface area contributed by atoms with E-state index in [0.717, 1.165) is 12.0 Å². The van der Waals surface area contributed by atoms with Crippen LogP contribution in [0.5, 0.6) is 0 Å². The van der Waals surface area contributed by atoms with Gasteiger partial charge in [0.1, 0.15) is 6.29 Å². The first-order chi connectivity index (χ1) is 3.93. The molecule has 0 aliphatic carbocycles. The standard InChI is InChI=1S/C5H6N2O/c8-4-2-5-1-3-6-7-5/h1,4H,2-3H2. The lowest BCUT2D eigenvalue weighted by Crippen LogP contribution is -1.74. The summed E-state index contributed by atoms with van der Waals surface area (Å²) < 4.78 is 0. The predicted octanol–water partition coefficient (Wildman–Crippen LogP) is 0.925. The molecule has 3 nitrogen and oxygen atoms in total. The molecule has 0 spiro atoms. The molecule has 0 fully saturated rings. The number of hydrogen-bond acceptors (Lipinski definition) is 3. The Morgan fingerprint density at radius 2 is 2.75 bits per heavy atom. The summed E-state index contributed by atoms with van der Waals surface area (Å²) in [6.45, 7) is 0.642. The Kier molecular flexibility index (Phi) is 1.51. The van der Waals surface area contributed by atoms with Crippen molar-refractivity contribution in [3.63, 3.8) is 0 Å². The molecule has 3 heteroatoms. The van der Waals surface area contributed by atoms with Crippen molar-refractivity contribution in [2.24, 2.45) is 10.2 Å². The number of azo groups is 1. The van der Waals surface area contributed by atoms with Gasteiger partial charge in [0.25, 0.3) is 0 Å². The van der Waals surface area contributed by atoms with E-state index < -0.39 is 0 Å². The molecule has 0 aromatic heterocycles. The van der Waals surface area contributed by atoms with Gasteiger partial charge in [-0.25, -0.2) is 0 Å². The van der Waals surface area contributed by atoms with Crippen molar-refractivity contribution in [3.05, 3.63) is 11.8 Å². The summed E-state index contributed by atoms with van der Waals surface area (Å²) in [7, 11) is 0. The third-order valence-electron chi connectivity index (χ3n) is 0.900.